The van der Waals surface area contributed by atoms with Crippen LogP contribution < -0.4 is 15.5 Å². The van der Waals surface area contributed by atoms with Gasteiger partial charge >= 0.3 is 5.97 Å². The first-order valence-corrected chi connectivity index (χ1v) is 13.5. The summed E-state index contributed by atoms with van der Waals surface area (Å²) < 4.78 is 22.5. The number of ether oxygens (including phenoxy) is 3. The van der Waals surface area contributed by atoms with Crippen LogP contribution in [0.15, 0.2) is 86.5 Å². The minimum Gasteiger partial charge on any atom is -0.496 e. The fourth-order valence-electron chi connectivity index (χ4n) is 5.63. The highest BCUT2D eigenvalue weighted by Crippen LogP contribution is 2.46. The normalized spacial score (nSPS) is 19.1. The van der Waals surface area contributed by atoms with Gasteiger partial charge in [-0.05, 0) is 51.0 Å². The van der Waals surface area contributed by atoms with Crippen molar-refractivity contribution in [2.45, 2.75) is 51.6 Å². The van der Waals surface area contributed by atoms with Crippen molar-refractivity contribution in [1.29, 1.82) is 0 Å². The third kappa shape index (κ3) is 5.19. The minimum atomic E-state index is -0.929. The third-order valence-corrected chi connectivity index (χ3v) is 7.41. The number of benzene rings is 2. The van der Waals surface area contributed by atoms with E-state index in [4.69, 9.17) is 18.6 Å². The van der Waals surface area contributed by atoms with Gasteiger partial charge in [0.1, 0.15) is 17.9 Å². The summed E-state index contributed by atoms with van der Waals surface area (Å²) in [5.41, 5.74) is 3.12. The average molecular weight is 544 g/mol. The molecule has 8 heteroatoms. The number of hydrogen-bond donors (Lipinski definition) is 1. The van der Waals surface area contributed by atoms with Crippen LogP contribution in [-0.2, 0) is 19.1 Å². The van der Waals surface area contributed by atoms with Crippen LogP contribution in [0.2, 0.25) is 0 Å². The van der Waals surface area contributed by atoms with Crippen LogP contribution in [0.1, 0.15) is 56.6 Å². The number of hydrogen-bond acceptors (Lipinski definition) is 8. The Kier molecular flexibility index (Phi) is 7.89. The van der Waals surface area contributed by atoms with Gasteiger partial charge in [-0.15, -0.1) is 0 Å². The Morgan fingerprint density at radius 2 is 1.77 bits per heavy atom. The van der Waals surface area contributed by atoms with E-state index in [0.717, 1.165) is 5.56 Å². The maximum atomic E-state index is 13.9. The van der Waals surface area contributed by atoms with Gasteiger partial charge in [0.05, 0.1) is 43.0 Å². The largest absolute Gasteiger partial charge is 0.496 e. The molecule has 0 bridgehead atoms. The van der Waals surface area contributed by atoms with Gasteiger partial charge in [-0.1, -0.05) is 30.3 Å². The number of esters is 1. The zero-order chi connectivity index (χ0) is 28.4. The van der Waals surface area contributed by atoms with Gasteiger partial charge in [0, 0.05) is 34.9 Å². The smallest absolute Gasteiger partial charge is 0.336 e. The molecule has 1 aliphatic carbocycles. The Morgan fingerprint density at radius 1 is 1.02 bits per heavy atom. The number of Topliss-reactive ketones (excluding diaryl/α,β-unsaturated/α-hetero) is 1. The van der Waals surface area contributed by atoms with E-state index in [2.05, 4.69) is 5.32 Å². The summed E-state index contributed by atoms with van der Waals surface area (Å²) in [5, 5.41) is 3.70. The summed E-state index contributed by atoms with van der Waals surface area (Å²) in [7, 11) is 1.61. The van der Waals surface area contributed by atoms with Crippen LogP contribution in [0.4, 0.5) is 0 Å². The van der Waals surface area contributed by atoms with E-state index in [0.29, 0.717) is 40.1 Å². The highest BCUT2D eigenvalue weighted by atomic mass is 16.6. The van der Waals surface area contributed by atoms with Crippen molar-refractivity contribution < 1.29 is 28.2 Å². The molecule has 0 radical (unpaired) electrons. The summed E-state index contributed by atoms with van der Waals surface area (Å²) in [6.45, 7) is 5.84. The van der Waals surface area contributed by atoms with Gasteiger partial charge in [0.25, 0.3) is 0 Å². The number of nitrogens with one attached hydrogen (secondary N) is 1. The Morgan fingerprint density at radius 3 is 2.55 bits per heavy atom. The van der Waals surface area contributed by atoms with Crippen LogP contribution >= 0.6 is 0 Å². The summed E-state index contributed by atoms with van der Waals surface area (Å²) >= 11 is 0. The lowest BCUT2D eigenvalue weighted by Gasteiger charge is -2.36. The van der Waals surface area contributed by atoms with E-state index in [1.54, 1.807) is 38.3 Å². The maximum absolute atomic E-state index is 13.9. The number of carbonyl (C=O) groups is 2. The second kappa shape index (κ2) is 11.5. The average Bonchev–Trinajstić information content (AvgIpc) is 2.94. The minimum absolute atomic E-state index is 0.00487. The summed E-state index contributed by atoms with van der Waals surface area (Å²) in [4.78, 5) is 41.2. The molecule has 0 saturated carbocycles. The van der Waals surface area contributed by atoms with Crippen molar-refractivity contribution in [3.05, 3.63) is 98.7 Å². The molecule has 0 unspecified atom stereocenters. The molecule has 8 nitrogen and oxygen atoms in total. The van der Waals surface area contributed by atoms with Crippen LogP contribution in [0.3, 0.4) is 0 Å². The SMILES string of the molecule is COc1ccccc1[C@H]1CC(=O)C2=C(C1)NC(C)=C(C(=O)OCCOC(C)C)[C@H]2c1coc2ccccc2c1=O. The van der Waals surface area contributed by atoms with Gasteiger partial charge in [0.2, 0.25) is 0 Å². The molecule has 0 fully saturated rings. The molecule has 40 heavy (non-hydrogen) atoms. The number of ketones is 1. The Balaban J connectivity index is 1.59. The van der Waals surface area contributed by atoms with E-state index in [1.165, 1.54) is 6.26 Å². The Hall–Kier alpha value is -4.17. The molecule has 0 amide bonds. The fourth-order valence-corrected chi connectivity index (χ4v) is 5.63. The van der Waals surface area contributed by atoms with Crippen molar-refractivity contribution in [2.75, 3.05) is 20.3 Å². The zero-order valence-electron chi connectivity index (χ0n) is 23.1. The molecular weight excluding hydrogens is 510 g/mol. The van der Waals surface area contributed by atoms with Crippen LogP contribution in [0.25, 0.3) is 11.0 Å². The van der Waals surface area contributed by atoms with Crippen molar-refractivity contribution in [1.82, 2.24) is 5.32 Å². The number of rotatable bonds is 8. The molecule has 2 aromatic carbocycles. The van der Waals surface area contributed by atoms with Crippen molar-refractivity contribution in [3.63, 3.8) is 0 Å². The summed E-state index contributed by atoms with van der Waals surface area (Å²) in [6.07, 6.45) is 2.08. The predicted molar refractivity (Wildman–Crippen MR) is 150 cm³/mol. The predicted octanol–water partition coefficient (Wildman–Crippen LogP) is 5.13. The molecular formula is C32H33NO7. The van der Waals surface area contributed by atoms with Crippen LogP contribution in [-0.4, -0.2) is 38.2 Å². The molecule has 1 N–H and O–H groups in total. The van der Waals surface area contributed by atoms with Crippen LogP contribution in [0, 0.1) is 0 Å². The molecule has 0 saturated heterocycles. The summed E-state index contributed by atoms with van der Waals surface area (Å²) in [6, 6.07) is 14.6. The first-order valence-electron chi connectivity index (χ1n) is 13.5. The lowest BCUT2D eigenvalue weighted by atomic mass is 9.71. The maximum Gasteiger partial charge on any atom is 0.336 e. The lowest BCUT2D eigenvalue weighted by molar-refractivity contribution is -0.141. The molecule has 1 aliphatic heterocycles. The topological polar surface area (TPSA) is 104 Å². The highest BCUT2D eigenvalue weighted by Gasteiger charge is 2.43. The first kappa shape index (κ1) is 27.4. The van der Waals surface area contributed by atoms with Crippen molar-refractivity contribution in [2.24, 2.45) is 0 Å². The second-order valence-corrected chi connectivity index (χ2v) is 10.3. The highest BCUT2D eigenvalue weighted by molar-refractivity contribution is 6.04. The van der Waals surface area contributed by atoms with Gasteiger partial charge in [0.15, 0.2) is 11.2 Å². The molecule has 5 rings (SSSR count). The van der Waals surface area contributed by atoms with Crippen molar-refractivity contribution >= 4 is 22.7 Å². The van der Waals surface area contributed by atoms with Crippen LogP contribution in [0.5, 0.6) is 5.75 Å². The molecule has 3 aromatic rings. The first-order chi connectivity index (χ1) is 19.3. The van der Waals surface area contributed by atoms with E-state index in [-0.39, 0.29) is 54.0 Å². The van der Waals surface area contributed by atoms with E-state index >= 15 is 0 Å². The second-order valence-electron chi connectivity index (χ2n) is 10.3. The van der Waals surface area contributed by atoms with Gasteiger partial charge in [-0.25, -0.2) is 4.79 Å². The molecule has 0 spiro atoms. The molecule has 1 aromatic heterocycles. The van der Waals surface area contributed by atoms with E-state index < -0.39 is 11.9 Å². The Bertz CT molecular complexity index is 1580. The molecule has 2 heterocycles. The number of allylic oxidation sites excluding steroid dienone is 3. The number of methoxy groups -OCH3 is 1. The van der Waals surface area contributed by atoms with Crippen molar-refractivity contribution in [3.8, 4) is 5.75 Å². The number of para-hydroxylation sites is 2. The van der Waals surface area contributed by atoms with Gasteiger partial charge < -0.3 is 23.9 Å². The standard InChI is InChI=1S/C32H33NO7/c1-18(2)38-13-14-39-32(36)28-19(3)33-24-15-20(21-9-5-7-11-26(21)37-4)16-25(34)30(24)29(28)23-17-40-27-12-8-6-10-22(27)31(23)35/h5-12,17-18,20,29,33H,13-16H2,1-4H3/t20-,29-/m1/s1. The van der Waals surface area contributed by atoms with E-state index in [9.17, 15) is 14.4 Å². The number of fused-ring (bicyclic) bond motifs is 1. The molecule has 2 aliphatic rings. The van der Waals surface area contributed by atoms with Gasteiger partial charge in [-0.2, -0.15) is 0 Å². The number of dihydropyridines is 1. The zero-order valence-corrected chi connectivity index (χ0v) is 23.1. The fraction of sp³-hybridized carbons (Fsp3) is 0.344. The van der Waals surface area contributed by atoms with Gasteiger partial charge in [-0.3, -0.25) is 9.59 Å². The quantitative estimate of drug-likeness (QED) is 0.308. The monoisotopic (exact) mass is 543 g/mol. The molecule has 208 valence electrons. The lowest BCUT2D eigenvalue weighted by Crippen LogP contribution is -2.37. The van der Waals surface area contributed by atoms with E-state index in [1.807, 2.05) is 38.1 Å². The summed E-state index contributed by atoms with van der Waals surface area (Å²) in [5.74, 6) is -1.10. The third-order valence-electron chi connectivity index (χ3n) is 7.41. The Labute approximate surface area is 232 Å². The molecule has 2 atom stereocenters. The number of carbonyl (C=O) groups excluding carboxylic acids is 2.